The van der Waals surface area contributed by atoms with Crippen molar-refractivity contribution in [2.24, 2.45) is 0 Å². The number of carbonyl (C=O) groups excluding carboxylic acids is 1. The second-order valence-corrected chi connectivity index (χ2v) is 7.93. The molecular weight excluding hydrogens is 436 g/mol. The summed E-state index contributed by atoms with van der Waals surface area (Å²) in [5, 5.41) is 11.2. The van der Waals surface area contributed by atoms with Gasteiger partial charge in [0.25, 0.3) is 0 Å². The maximum atomic E-state index is 13.2. The quantitative estimate of drug-likeness (QED) is 0.195. The van der Waals surface area contributed by atoms with Crippen molar-refractivity contribution in [2.75, 3.05) is 7.11 Å². The number of ketones is 1. The zero-order valence-electron chi connectivity index (χ0n) is 18.2. The van der Waals surface area contributed by atoms with Gasteiger partial charge in [0.15, 0.2) is 11.5 Å². The topological polar surface area (TPSA) is 75.1 Å². The molecule has 1 heterocycles. The highest BCUT2D eigenvalue weighted by Gasteiger charge is 2.20. The second-order valence-electron chi connectivity index (χ2n) is 7.49. The number of para-hydroxylation sites is 1. The van der Waals surface area contributed by atoms with Crippen LogP contribution < -0.4 is 9.47 Å². The highest BCUT2D eigenvalue weighted by atomic mass is 35.5. The number of ether oxygens (including phenoxy) is 2. The SMILES string of the molecule is COc1cc(C=C(C#N)C(=O)c2c(C)[nH]c3ccccc23)ccc1OCc1ccc(Cl)cc1. The van der Waals surface area contributed by atoms with Crippen LogP contribution in [0.1, 0.15) is 27.2 Å². The van der Waals surface area contributed by atoms with Crippen LogP contribution in [-0.2, 0) is 6.61 Å². The molecule has 6 heteroatoms. The number of halogens is 1. The zero-order chi connectivity index (χ0) is 23.4. The molecule has 0 aliphatic heterocycles. The summed E-state index contributed by atoms with van der Waals surface area (Å²) in [5.41, 5.74) is 3.77. The fourth-order valence-electron chi connectivity index (χ4n) is 3.65. The first kappa shape index (κ1) is 22.2. The highest BCUT2D eigenvalue weighted by molar-refractivity contribution is 6.30. The summed E-state index contributed by atoms with van der Waals surface area (Å²) >= 11 is 5.92. The minimum absolute atomic E-state index is 0.0414. The lowest BCUT2D eigenvalue weighted by atomic mass is 9.99. The second kappa shape index (κ2) is 9.64. The Kier molecular flexibility index (Phi) is 6.48. The maximum absolute atomic E-state index is 13.2. The number of nitrogens with one attached hydrogen (secondary N) is 1. The average molecular weight is 457 g/mol. The van der Waals surface area contributed by atoms with E-state index in [9.17, 15) is 10.1 Å². The normalized spacial score (nSPS) is 11.3. The van der Waals surface area contributed by atoms with Gasteiger partial charge in [-0.15, -0.1) is 0 Å². The van der Waals surface area contributed by atoms with Gasteiger partial charge in [-0.2, -0.15) is 5.26 Å². The first-order chi connectivity index (χ1) is 16.0. The van der Waals surface area contributed by atoms with Crippen LogP contribution in [0.25, 0.3) is 17.0 Å². The highest BCUT2D eigenvalue weighted by Crippen LogP contribution is 2.31. The van der Waals surface area contributed by atoms with Crippen molar-refractivity contribution < 1.29 is 14.3 Å². The van der Waals surface area contributed by atoms with Gasteiger partial charge in [-0.1, -0.05) is 48.0 Å². The third kappa shape index (κ3) is 4.77. The van der Waals surface area contributed by atoms with Crippen molar-refractivity contribution in [3.8, 4) is 17.6 Å². The van der Waals surface area contributed by atoms with E-state index in [4.69, 9.17) is 21.1 Å². The van der Waals surface area contributed by atoms with Gasteiger partial charge < -0.3 is 14.5 Å². The Bertz CT molecular complexity index is 1400. The largest absolute Gasteiger partial charge is 0.493 e. The molecule has 164 valence electrons. The van der Waals surface area contributed by atoms with E-state index < -0.39 is 0 Å². The number of fused-ring (bicyclic) bond motifs is 1. The Labute approximate surface area is 196 Å². The van der Waals surface area contributed by atoms with Crippen molar-refractivity contribution >= 4 is 34.4 Å². The predicted molar refractivity (Wildman–Crippen MR) is 130 cm³/mol. The number of rotatable bonds is 7. The molecule has 1 N–H and O–H groups in total. The van der Waals surface area contributed by atoms with Crippen LogP contribution >= 0.6 is 11.6 Å². The average Bonchev–Trinajstić information content (AvgIpc) is 3.17. The number of nitrogens with zero attached hydrogens (tertiary/aromatic N) is 1. The van der Waals surface area contributed by atoms with Gasteiger partial charge in [0, 0.05) is 21.6 Å². The first-order valence-electron chi connectivity index (χ1n) is 10.3. The number of Topliss-reactive ketones (excluding diaryl/α,β-unsaturated/α-hetero) is 1. The number of allylic oxidation sites excluding steroid dienone is 1. The molecule has 5 nitrogen and oxygen atoms in total. The number of hydrogen-bond acceptors (Lipinski definition) is 4. The Morgan fingerprint density at radius 3 is 2.58 bits per heavy atom. The molecule has 0 spiro atoms. The van der Waals surface area contributed by atoms with Gasteiger partial charge in [-0.3, -0.25) is 4.79 Å². The van der Waals surface area contributed by atoms with Crippen LogP contribution in [0, 0.1) is 18.3 Å². The van der Waals surface area contributed by atoms with Crippen LogP contribution in [0.3, 0.4) is 0 Å². The molecule has 0 saturated heterocycles. The number of aromatic amines is 1. The fourth-order valence-corrected chi connectivity index (χ4v) is 3.78. The van der Waals surface area contributed by atoms with Gasteiger partial charge in [-0.25, -0.2) is 0 Å². The molecule has 0 bridgehead atoms. The molecule has 1 aromatic heterocycles. The van der Waals surface area contributed by atoms with E-state index in [2.05, 4.69) is 4.98 Å². The van der Waals surface area contributed by atoms with Gasteiger partial charge in [-0.05, 0) is 54.5 Å². The Hall–Kier alpha value is -4.01. The molecule has 0 atom stereocenters. The number of H-pyrrole nitrogens is 1. The number of methoxy groups -OCH3 is 1. The third-order valence-electron chi connectivity index (χ3n) is 5.29. The van der Waals surface area contributed by atoms with E-state index in [1.807, 2.05) is 49.4 Å². The first-order valence-corrected chi connectivity index (χ1v) is 10.7. The van der Waals surface area contributed by atoms with Gasteiger partial charge in [0.05, 0.1) is 12.7 Å². The van der Waals surface area contributed by atoms with Crippen molar-refractivity contribution in [2.45, 2.75) is 13.5 Å². The summed E-state index contributed by atoms with van der Waals surface area (Å²) in [5.74, 6) is 0.738. The molecular formula is C27H21ClN2O3. The molecule has 3 aromatic carbocycles. The van der Waals surface area contributed by atoms with Crippen molar-refractivity contribution in [1.29, 1.82) is 5.26 Å². The fraction of sp³-hybridized carbons (Fsp3) is 0.111. The summed E-state index contributed by atoms with van der Waals surface area (Å²) < 4.78 is 11.4. The Balaban J connectivity index is 1.60. The van der Waals surface area contributed by atoms with Crippen LogP contribution in [0.5, 0.6) is 11.5 Å². The number of carbonyl (C=O) groups is 1. The molecule has 33 heavy (non-hydrogen) atoms. The third-order valence-corrected chi connectivity index (χ3v) is 5.54. The van der Waals surface area contributed by atoms with Crippen LogP contribution in [0.15, 0.2) is 72.3 Å². The van der Waals surface area contributed by atoms with Crippen molar-refractivity contribution in [3.05, 3.63) is 99.7 Å². The molecule has 4 aromatic rings. The lowest BCUT2D eigenvalue weighted by Crippen LogP contribution is -2.03. The molecule has 0 aliphatic rings. The number of hydrogen-bond donors (Lipinski definition) is 1. The number of aryl methyl sites for hydroxylation is 1. The maximum Gasteiger partial charge on any atom is 0.205 e. The van der Waals surface area contributed by atoms with Gasteiger partial charge in [0.1, 0.15) is 18.2 Å². The van der Waals surface area contributed by atoms with Crippen LogP contribution in [0.4, 0.5) is 0 Å². The molecule has 0 amide bonds. The predicted octanol–water partition coefficient (Wildman–Crippen LogP) is 6.51. The molecule has 4 rings (SSSR count). The smallest absolute Gasteiger partial charge is 0.205 e. The Morgan fingerprint density at radius 1 is 1.09 bits per heavy atom. The molecule has 0 fully saturated rings. The van der Waals surface area contributed by atoms with E-state index in [0.29, 0.717) is 34.3 Å². The van der Waals surface area contributed by atoms with Crippen molar-refractivity contribution in [1.82, 2.24) is 4.98 Å². The minimum atomic E-state index is -0.325. The van der Waals surface area contributed by atoms with E-state index >= 15 is 0 Å². The lowest BCUT2D eigenvalue weighted by Gasteiger charge is -2.12. The van der Waals surface area contributed by atoms with E-state index in [1.54, 1.807) is 43.5 Å². The lowest BCUT2D eigenvalue weighted by molar-refractivity contribution is 0.104. The molecule has 0 aliphatic carbocycles. The van der Waals surface area contributed by atoms with Gasteiger partial charge >= 0.3 is 0 Å². The summed E-state index contributed by atoms with van der Waals surface area (Å²) in [7, 11) is 1.55. The summed E-state index contributed by atoms with van der Waals surface area (Å²) in [6.45, 7) is 2.18. The number of nitriles is 1. The minimum Gasteiger partial charge on any atom is -0.493 e. The number of benzene rings is 3. The molecule has 0 radical (unpaired) electrons. The monoisotopic (exact) mass is 456 g/mol. The van der Waals surface area contributed by atoms with Crippen LogP contribution in [0.2, 0.25) is 5.02 Å². The summed E-state index contributed by atoms with van der Waals surface area (Å²) in [4.78, 5) is 16.4. The number of aromatic nitrogens is 1. The van der Waals surface area contributed by atoms with E-state index in [0.717, 1.165) is 22.2 Å². The molecule has 0 unspecified atom stereocenters. The summed E-state index contributed by atoms with van der Waals surface area (Å²) in [6.07, 6.45) is 1.56. The Morgan fingerprint density at radius 2 is 1.85 bits per heavy atom. The van der Waals surface area contributed by atoms with E-state index in [1.165, 1.54) is 0 Å². The summed E-state index contributed by atoms with van der Waals surface area (Å²) in [6, 6.07) is 22.3. The van der Waals surface area contributed by atoms with E-state index in [-0.39, 0.29) is 11.4 Å². The zero-order valence-corrected chi connectivity index (χ0v) is 18.9. The van der Waals surface area contributed by atoms with Crippen LogP contribution in [-0.4, -0.2) is 17.9 Å². The van der Waals surface area contributed by atoms with Crippen molar-refractivity contribution in [3.63, 3.8) is 0 Å². The molecule has 0 saturated carbocycles. The standard InChI is InChI=1S/C27H21ClN2O3/c1-17-26(22-5-3-4-6-23(22)30-17)27(31)20(15-29)13-19-9-12-24(25(14-19)32-2)33-16-18-7-10-21(28)11-8-18/h3-14,30H,16H2,1-2H3. The van der Waals surface area contributed by atoms with Gasteiger partial charge in [0.2, 0.25) is 5.78 Å².